The molecule has 1 aliphatic rings. The number of hydrogen-bond acceptors (Lipinski definition) is 2. The number of quaternary nitrogens is 1. The molecule has 0 aliphatic carbocycles. The lowest BCUT2D eigenvalue weighted by molar-refractivity contribution is -0.879. The molecule has 136 valence electrons. The molecule has 0 fully saturated rings. The number of benzene rings is 2. The Hall–Kier alpha value is -1.93. The van der Waals surface area contributed by atoms with Crippen LogP contribution in [0.2, 0.25) is 0 Å². The molecule has 0 N–H and O–H groups in total. The van der Waals surface area contributed by atoms with E-state index in [0.29, 0.717) is 18.2 Å². The average molecular weight is 374 g/mol. The number of rotatable bonds is 6. The molecule has 1 aliphatic heterocycles. The Balaban J connectivity index is 1.97. The first kappa shape index (κ1) is 18.8. The maximum absolute atomic E-state index is 13.5. The van der Waals surface area contributed by atoms with E-state index in [-0.39, 0.29) is 5.82 Å². The molecule has 0 unspecified atom stereocenters. The predicted octanol–water partition coefficient (Wildman–Crippen LogP) is 4.52. The van der Waals surface area contributed by atoms with Crippen LogP contribution >= 0.6 is 11.6 Å². The van der Waals surface area contributed by atoms with Crippen LogP contribution in [0.25, 0.3) is 0 Å². The van der Waals surface area contributed by atoms with Crippen LogP contribution < -0.4 is 0 Å². The van der Waals surface area contributed by atoms with Crippen LogP contribution in [-0.2, 0) is 16.9 Å². The van der Waals surface area contributed by atoms with Gasteiger partial charge in [-0.3, -0.25) is 0 Å². The highest BCUT2D eigenvalue weighted by molar-refractivity contribution is 6.16. The molecule has 5 heteroatoms. The van der Waals surface area contributed by atoms with Crippen molar-refractivity contribution in [2.75, 3.05) is 26.6 Å². The maximum Gasteiger partial charge on any atom is 0.154 e. The number of fused-ring (bicyclic) bond motifs is 1. The highest BCUT2D eigenvalue weighted by Crippen LogP contribution is 2.45. The summed E-state index contributed by atoms with van der Waals surface area (Å²) in [4.78, 5) is 0. The predicted molar refractivity (Wildman–Crippen MR) is 100 cm³/mol. The number of halogens is 2. The Bertz CT molecular complexity index is 829. The van der Waals surface area contributed by atoms with Crippen LogP contribution in [0.15, 0.2) is 42.5 Å². The molecule has 1 atom stereocenters. The fraction of sp³-hybridized carbons (Fsp3) is 0.381. The van der Waals surface area contributed by atoms with Crippen LogP contribution in [0, 0.1) is 17.1 Å². The molecule has 1 heterocycles. The summed E-state index contributed by atoms with van der Waals surface area (Å²) >= 11 is 6.04. The molecule has 3 nitrogen and oxygen atoms in total. The zero-order valence-electron chi connectivity index (χ0n) is 15.1. The summed E-state index contributed by atoms with van der Waals surface area (Å²) in [5, 5.41) is 9.16. The zero-order valence-corrected chi connectivity index (χ0v) is 15.9. The van der Waals surface area contributed by atoms with Crippen molar-refractivity contribution in [3.63, 3.8) is 0 Å². The Morgan fingerprint density at radius 2 is 1.96 bits per heavy atom. The second-order valence-electron chi connectivity index (χ2n) is 7.49. The van der Waals surface area contributed by atoms with E-state index in [1.807, 2.05) is 18.2 Å². The largest absolute Gasteiger partial charge is 0.361 e. The van der Waals surface area contributed by atoms with Crippen molar-refractivity contribution >= 4 is 11.6 Å². The van der Waals surface area contributed by atoms with Gasteiger partial charge in [0, 0.05) is 0 Å². The summed E-state index contributed by atoms with van der Waals surface area (Å²) in [5.74, 6) is -0.262. The van der Waals surface area contributed by atoms with Gasteiger partial charge in [-0.25, -0.2) is 4.39 Å². The Labute approximate surface area is 159 Å². The van der Waals surface area contributed by atoms with Gasteiger partial charge in [0.2, 0.25) is 0 Å². The van der Waals surface area contributed by atoms with Crippen LogP contribution in [0.1, 0.15) is 35.1 Å². The van der Waals surface area contributed by atoms with Crippen molar-refractivity contribution in [3.8, 4) is 6.07 Å². The van der Waals surface area contributed by atoms with Gasteiger partial charge in [0.1, 0.15) is 11.4 Å². The Morgan fingerprint density at radius 3 is 2.62 bits per heavy atom. The first-order valence-electron chi connectivity index (χ1n) is 8.72. The molecule has 0 amide bonds. The first-order valence-corrected chi connectivity index (χ1v) is 9.25. The number of nitriles is 1. The smallest absolute Gasteiger partial charge is 0.154 e. The second kappa shape index (κ2) is 7.36. The lowest BCUT2D eigenvalue weighted by Crippen LogP contribution is -2.40. The van der Waals surface area contributed by atoms with E-state index in [1.165, 1.54) is 12.1 Å². The third kappa shape index (κ3) is 3.61. The van der Waals surface area contributed by atoms with Gasteiger partial charge in [0.05, 0.1) is 38.9 Å². The molecule has 3 rings (SSSR count). The maximum atomic E-state index is 13.5. The first-order chi connectivity index (χ1) is 12.4. The third-order valence-corrected chi connectivity index (χ3v) is 5.72. The molecule has 26 heavy (non-hydrogen) atoms. The minimum absolute atomic E-state index is 0.262. The van der Waals surface area contributed by atoms with Gasteiger partial charge in [-0.15, -0.1) is 0 Å². The number of hydrogen-bond donors (Lipinski definition) is 0. The molecular weight excluding hydrogens is 351 g/mol. The normalized spacial score (nSPS) is 19.2. The quantitative estimate of drug-likeness (QED) is 0.423. The summed E-state index contributed by atoms with van der Waals surface area (Å²) in [7, 11) is 4.19. The van der Waals surface area contributed by atoms with Crippen LogP contribution in [0.5, 0.6) is 0 Å². The van der Waals surface area contributed by atoms with E-state index in [4.69, 9.17) is 21.6 Å². The van der Waals surface area contributed by atoms with Crippen molar-refractivity contribution in [3.05, 3.63) is 70.5 Å². The fourth-order valence-electron chi connectivity index (χ4n) is 3.58. The number of ether oxygens (including phenoxy) is 1. The van der Waals surface area contributed by atoms with Crippen molar-refractivity contribution in [1.82, 2.24) is 0 Å². The van der Waals surface area contributed by atoms with Gasteiger partial charge in [0.15, 0.2) is 6.00 Å². The lowest BCUT2D eigenvalue weighted by atomic mass is 9.81. The SMILES string of the molecule is C[N+](C)(CCl)CCC[C@@]1(c2ccc(F)cc2)OCc2cc(C#N)ccc21. The second-order valence-corrected chi connectivity index (χ2v) is 7.73. The summed E-state index contributed by atoms with van der Waals surface area (Å²) in [5.41, 5.74) is 3.06. The van der Waals surface area contributed by atoms with Gasteiger partial charge in [0.25, 0.3) is 0 Å². The van der Waals surface area contributed by atoms with Crippen molar-refractivity contribution in [2.45, 2.75) is 25.0 Å². The molecule has 0 saturated carbocycles. The molecule has 0 aromatic heterocycles. The zero-order chi connectivity index (χ0) is 18.8. The highest BCUT2D eigenvalue weighted by Gasteiger charge is 2.41. The Kier molecular flexibility index (Phi) is 5.34. The molecule has 2 aromatic carbocycles. The number of alkyl halides is 1. The van der Waals surface area contributed by atoms with E-state index < -0.39 is 5.60 Å². The van der Waals surface area contributed by atoms with Gasteiger partial charge in [-0.2, -0.15) is 5.26 Å². The summed E-state index contributed by atoms with van der Waals surface area (Å²) in [6, 6.07) is 15.0. The number of nitrogens with zero attached hydrogens (tertiary/aromatic N) is 2. The minimum atomic E-state index is -0.608. The van der Waals surface area contributed by atoms with E-state index in [2.05, 4.69) is 20.2 Å². The van der Waals surface area contributed by atoms with E-state index in [1.54, 1.807) is 12.1 Å². The Morgan fingerprint density at radius 1 is 1.23 bits per heavy atom. The van der Waals surface area contributed by atoms with Crippen LogP contribution in [0.3, 0.4) is 0 Å². The highest BCUT2D eigenvalue weighted by atomic mass is 35.5. The monoisotopic (exact) mass is 373 g/mol. The van der Waals surface area contributed by atoms with Gasteiger partial charge >= 0.3 is 0 Å². The summed E-state index contributed by atoms with van der Waals surface area (Å²) in [6.45, 7) is 1.37. The molecule has 0 bridgehead atoms. The molecule has 0 radical (unpaired) electrons. The molecule has 0 spiro atoms. The summed E-state index contributed by atoms with van der Waals surface area (Å²) in [6.07, 6.45) is 1.69. The minimum Gasteiger partial charge on any atom is -0.361 e. The van der Waals surface area contributed by atoms with E-state index in [0.717, 1.165) is 40.6 Å². The van der Waals surface area contributed by atoms with Gasteiger partial charge in [-0.05, 0) is 53.8 Å². The molecule has 2 aromatic rings. The third-order valence-electron chi connectivity index (χ3n) is 5.07. The standard InChI is InChI=1S/C21H23ClFN2O/c1-25(2,15-22)11-3-10-21(18-5-7-19(23)8-6-18)20-9-4-16(13-24)12-17(20)14-26-21/h4-9,12H,3,10-11,14-15H2,1-2H3/q+1/t21-/m0/s1. The topological polar surface area (TPSA) is 33.0 Å². The molecule has 0 saturated heterocycles. The van der Waals surface area contributed by atoms with Crippen molar-refractivity contribution in [2.24, 2.45) is 0 Å². The van der Waals surface area contributed by atoms with Gasteiger partial charge in [-0.1, -0.05) is 29.8 Å². The van der Waals surface area contributed by atoms with E-state index in [9.17, 15) is 4.39 Å². The van der Waals surface area contributed by atoms with E-state index >= 15 is 0 Å². The van der Waals surface area contributed by atoms with Crippen molar-refractivity contribution in [1.29, 1.82) is 5.26 Å². The fourth-order valence-corrected chi connectivity index (χ4v) is 3.70. The lowest BCUT2D eigenvalue weighted by Gasteiger charge is -2.33. The van der Waals surface area contributed by atoms with Crippen LogP contribution in [0.4, 0.5) is 4.39 Å². The molecular formula is C21H23ClFN2O+. The summed E-state index contributed by atoms with van der Waals surface area (Å²) < 4.78 is 20.5. The van der Waals surface area contributed by atoms with Crippen molar-refractivity contribution < 1.29 is 13.6 Å². The average Bonchev–Trinajstić information content (AvgIpc) is 3.01. The van der Waals surface area contributed by atoms with Crippen LogP contribution in [-0.4, -0.2) is 31.1 Å². The van der Waals surface area contributed by atoms with Gasteiger partial charge < -0.3 is 9.22 Å².